The van der Waals surface area contributed by atoms with Crippen LogP contribution in [0.15, 0.2) is 16.5 Å². The van der Waals surface area contributed by atoms with E-state index in [4.69, 9.17) is 9.52 Å². The van der Waals surface area contributed by atoms with E-state index in [2.05, 4.69) is 18.7 Å². The number of hydrogen-bond donors (Lipinski definition) is 1. The molecule has 1 aliphatic heterocycles. The third kappa shape index (κ3) is 3.18. The summed E-state index contributed by atoms with van der Waals surface area (Å²) in [7, 11) is 0. The summed E-state index contributed by atoms with van der Waals surface area (Å²) in [4.78, 5) is 13.1. The van der Waals surface area contributed by atoms with E-state index in [0.717, 1.165) is 25.4 Å². The van der Waals surface area contributed by atoms with Crippen molar-refractivity contribution in [1.29, 1.82) is 0 Å². The van der Waals surface area contributed by atoms with E-state index >= 15 is 0 Å². The third-order valence-electron chi connectivity index (χ3n) is 3.93. The fourth-order valence-electron chi connectivity index (χ4n) is 3.31. The molecule has 0 bridgehead atoms. The average molecular weight is 265 g/mol. The molecule has 0 unspecified atom stereocenters. The highest BCUT2D eigenvalue weighted by Gasteiger charge is 2.41. The van der Waals surface area contributed by atoms with Crippen LogP contribution >= 0.6 is 0 Å². The van der Waals surface area contributed by atoms with Gasteiger partial charge in [-0.15, -0.1) is 0 Å². The van der Waals surface area contributed by atoms with Crippen molar-refractivity contribution in [2.75, 3.05) is 13.1 Å². The zero-order valence-electron chi connectivity index (χ0n) is 11.8. The van der Waals surface area contributed by atoms with Crippen LogP contribution < -0.4 is 0 Å². The van der Waals surface area contributed by atoms with Crippen LogP contribution in [0.25, 0.3) is 0 Å². The minimum absolute atomic E-state index is 0.0314. The summed E-state index contributed by atoms with van der Waals surface area (Å²) in [6.45, 7) is 7.43. The lowest BCUT2D eigenvalue weighted by molar-refractivity contribution is -0.0242. The summed E-state index contributed by atoms with van der Waals surface area (Å²) in [6.07, 6.45) is 5.04. The smallest absolute Gasteiger partial charge is 0.371 e. The van der Waals surface area contributed by atoms with Gasteiger partial charge in [0.05, 0.1) is 6.54 Å². The Morgan fingerprint density at radius 2 is 1.95 bits per heavy atom. The van der Waals surface area contributed by atoms with Gasteiger partial charge in [-0.3, -0.25) is 4.90 Å². The first-order valence-electron chi connectivity index (χ1n) is 7.13. The topological polar surface area (TPSA) is 53.7 Å². The highest BCUT2D eigenvalue weighted by molar-refractivity contribution is 5.84. The first kappa shape index (κ1) is 14.1. The van der Waals surface area contributed by atoms with Gasteiger partial charge in [-0.1, -0.05) is 26.7 Å². The number of carboxylic acid groups (broad SMARTS) is 1. The molecule has 1 N–H and O–H groups in total. The van der Waals surface area contributed by atoms with Crippen LogP contribution in [0.5, 0.6) is 0 Å². The van der Waals surface area contributed by atoms with Gasteiger partial charge in [0.1, 0.15) is 5.76 Å². The second-order valence-electron chi connectivity index (χ2n) is 5.72. The van der Waals surface area contributed by atoms with Crippen LogP contribution in [0.4, 0.5) is 0 Å². The van der Waals surface area contributed by atoms with Crippen molar-refractivity contribution in [2.24, 2.45) is 5.41 Å². The predicted octanol–water partition coefficient (Wildman–Crippen LogP) is 3.38. The van der Waals surface area contributed by atoms with Gasteiger partial charge in [0.15, 0.2) is 0 Å². The molecule has 4 heteroatoms. The first-order valence-corrected chi connectivity index (χ1v) is 7.13. The van der Waals surface area contributed by atoms with Crippen LogP contribution in [-0.4, -0.2) is 29.1 Å². The monoisotopic (exact) mass is 265 g/mol. The quantitative estimate of drug-likeness (QED) is 0.821. The Morgan fingerprint density at radius 3 is 2.42 bits per heavy atom. The molecule has 1 aliphatic rings. The third-order valence-corrected chi connectivity index (χ3v) is 3.93. The lowest BCUT2D eigenvalue weighted by Gasteiger charge is -2.50. The maximum Gasteiger partial charge on any atom is 0.371 e. The number of carboxylic acids is 1. The van der Waals surface area contributed by atoms with Crippen molar-refractivity contribution in [1.82, 2.24) is 4.90 Å². The van der Waals surface area contributed by atoms with Crippen molar-refractivity contribution < 1.29 is 14.3 Å². The largest absolute Gasteiger partial charge is 0.475 e. The molecule has 0 aromatic carbocycles. The Labute approximate surface area is 114 Å². The van der Waals surface area contributed by atoms with Gasteiger partial charge in [-0.05, 0) is 30.4 Å². The zero-order chi connectivity index (χ0) is 13.9. The van der Waals surface area contributed by atoms with Gasteiger partial charge in [0.2, 0.25) is 5.76 Å². The maximum absolute atomic E-state index is 10.7. The number of furan rings is 1. The van der Waals surface area contributed by atoms with Crippen molar-refractivity contribution >= 4 is 5.97 Å². The number of likely N-dealkylation sites (tertiary alicyclic amines) is 1. The predicted molar refractivity (Wildman–Crippen MR) is 73.2 cm³/mol. The number of carbonyl (C=O) groups is 1. The lowest BCUT2D eigenvalue weighted by atomic mass is 9.72. The van der Waals surface area contributed by atoms with Gasteiger partial charge in [0, 0.05) is 13.1 Å². The van der Waals surface area contributed by atoms with E-state index in [0.29, 0.717) is 5.41 Å². The summed E-state index contributed by atoms with van der Waals surface area (Å²) in [5.41, 5.74) is 0.492. The molecular weight excluding hydrogens is 242 g/mol. The average Bonchev–Trinajstić information content (AvgIpc) is 2.76. The summed E-state index contributed by atoms with van der Waals surface area (Å²) in [5.74, 6) is -0.218. The fraction of sp³-hybridized carbons (Fsp3) is 0.667. The van der Waals surface area contributed by atoms with Crippen molar-refractivity contribution in [3.8, 4) is 0 Å². The lowest BCUT2D eigenvalue weighted by Crippen LogP contribution is -2.55. The number of aromatic carboxylic acids is 1. The molecule has 0 saturated carbocycles. The van der Waals surface area contributed by atoms with Crippen molar-refractivity contribution in [3.05, 3.63) is 23.7 Å². The summed E-state index contributed by atoms with van der Waals surface area (Å²) in [5, 5.41) is 8.82. The van der Waals surface area contributed by atoms with Crippen LogP contribution in [-0.2, 0) is 6.54 Å². The van der Waals surface area contributed by atoms with Gasteiger partial charge in [-0.25, -0.2) is 4.79 Å². The summed E-state index contributed by atoms with van der Waals surface area (Å²) >= 11 is 0. The molecule has 0 radical (unpaired) electrons. The molecule has 0 aliphatic carbocycles. The van der Waals surface area contributed by atoms with Crippen LogP contribution in [0, 0.1) is 5.41 Å². The molecule has 1 fully saturated rings. The molecule has 19 heavy (non-hydrogen) atoms. The number of rotatable bonds is 7. The second kappa shape index (κ2) is 5.78. The Kier molecular flexibility index (Phi) is 4.30. The summed E-state index contributed by atoms with van der Waals surface area (Å²) < 4.78 is 5.30. The molecule has 0 amide bonds. The number of hydrogen-bond acceptors (Lipinski definition) is 3. The highest BCUT2D eigenvalue weighted by atomic mass is 16.4. The van der Waals surface area contributed by atoms with E-state index in [1.54, 1.807) is 6.07 Å². The molecule has 0 atom stereocenters. The molecule has 1 aromatic rings. The van der Waals surface area contributed by atoms with Gasteiger partial charge in [0.25, 0.3) is 0 Å². The van der Waals surface area contributed by atoms with Crippen molar-refractivity contribution in [2.45, 2.75) is 46.1 Å². The SMILES string of the molecule is CCCC1(CCC)CN(Cc2ccc(C(=O)O)o2)C1. The molecular formula is C15H23NO3. The van der Waals surface area contributed by atoms with Crippen LogP contribution in [0.2, 0.25) is 0 Å². The minimum atomic E-state index is -0.999. The van der Waals surface area contributed by atoms with Crippen LogP contribution in [0.3, 0.4) is 0 Å². The Balaban J connectivity index is 1.87. The minimum Gasteiger partial charge on any atom is -0.475 e. The molecule has 106 valence electrons. The fourth-order valence-corrected chi connectivity index (χ4v) is 3.31. The Morgan fingerprint density at radius 1 is 1.32 bits per heavy atom. The van der Waals surface area contributed by atoms with Gasteiger partial charge in [-0.2, -0.15) is 0 Å². The van der Waals surface area contributed by atoms with E-state index in [1.807, 2.05) is 0 Å². The maximum atomic E-state index is 10.7. The molecule has 1 saturated heterocycles. The number of nitrogens with zero attached hydrogens (tertiary/aromatic N) is 1. The van der Waals surface area contributed by atoms with Crippen molar-refractivity contribution in [3.63, 3.8) is 0 Å². The van der Waals surface area contributed by atoms with E-state index in [-0.39, 0.29) is 5.76 Å². The second-order valence-corrected chi connectivity index (χ2v) is 5.72. The zero-order valence-corrected chi connectivity index (χ0v) is 11.8. The van der Waals surface area contributed by atoms with E-state index < -0.39 is 5.97 Å². The normalized spacial score (nSPS) is 18.2. The standard InChI is InChI=1S/C15H23NO3/c1-3-7-15(8-4-2)10-16(11-15)9-12-5-6-13(19-12)14(17)18/h5-6H,3-4,7-11H2,1-2H3,(H,17,18). The van der Waals surface area contributed by atoms with Crippen LogP contribution in [0.1, 0.15) is 55.8 Å². The molecule has 4 nitrogen and oxygen atoms in total. The molecule has 2 rings (SSSR count). The molecule has 0 spiro atoms. The van der Waals surface area contributed by atoms with E-state index in [9.17, 15) is 4.79 Å². The molecule has 1 aromatic heterocycles. The van der Waals surface area contributed by atoms with Gasteiger partial charge >= 0.3 is 5.97 Å². The van der Waals surface area contributed by atoms with Gasteiger partial charge < -0.3 is 9.52 Å². The van der Waals surface area contributed by atoms with E-state index in [1.165, 1.54) is 31.7 Å². The molecule has 2 heterocycles. The Bertz CT molecular complexity index is 424. The summed E-state index contributed by atoms with van der Waals surface area (Å²) in [6, 6.07) is 3.30. The Hall–Kier alpha value is -1.29. The first-order chi connectivity index (χ1) is 9.08. The highest BCUT2D eigenvalue weighted by Crippen LogP contribution is 2.40.